The molecule has 6 heteroatoms. The predicted octanol–water partition coefficient (Wildman–Crippen LogP) is 1.81. The highest BCUT2D eigenvalue weighted by Crippen LogP contribution is 2.37. The smallest absolute Gasteiger partial charge is 0.317 e. The Morgan fingerprint density at radius 2 is 2.14 bits per heavy atom. The first-order valence-corrected chi connectivity index (χ1v) is 7.90. The summed E-state index contributed by atoms with van der Waals surface area (Å²) in [5.41, 5.74) is 0. The molecule has 2 amide bonds. The third-order valence-corrected chi connectivity index (χ3v) is 4.43. The molecule has 0 aliphatic carbocycles. The van der Waals surface area contributed by atoms with E-state index in [-0.39, 0.29) is 24.2 Å². The van der Waals surface area contributed by atoms with Crippen molar-refractivity contribution in [2.75, 3.05) is 20.3 Å². The second-order valence-electron chi connectivity index (χ2n) is 5.90. The molecular weight excluding hydrogens is 282 g/mol. The van der Waals surface area contributed by atoms with Crippen molar-refractivity contribution in [2.45, 2.75) is 43.9 Å². The lowest BCUT2D eigenvalue weighted by Gasteiger charge is -2.38. The molecule has 2 bridgehead atoms. The van der Waals surface area contributed by atoms with Crippen LogP contribution in [0.4, 0.5) is 4.79 Å². The standard InChI is InChI=1S/C16H23N3O3/c1-21-9-8-18-16(20)19-12-5-6-13(19)11-14(10-12)22-15-4-2-3-7-17-15/h2-4,7,12-14H,5-6,8-11H2,1H3,(H,18,20). The van der Waals surface area contributed by atoms with Gasteiger partial charge in [0, 0.05) is 50.8 Å². The Morgan fingerprint density at radius 1 is 1.36 bits per heavy atom. The van der Waals surface area contributed by atoms with Crippen molar-refractivity contribution in [2.24, 2.45) is 0 Å². The summed E-state index contributed by atoms with van der Waals surface area (Å²) < 4.78 is 10.9. The summed E-state index contributed by atoms with van der Waals surface area (Å²) in [7, 11) is 1.64. The van der Waals surface area contributed by atoms with Crippen LogP contribution in [-0.4, -0.2) is 54.4 Å². The summed E-state index contributed by atoms with van der Waals surface area (Å²) >= 11 is 0. The van der Waals surface area contributed by atoms with Crippen LogP contribution in [-0.2, 0) is 4.74 Å². The van der Waals surface area contributed by atoms with Crippen LogP contribution in [0.1, 0.15) is 25.7 Å². The van der Waals surface area contributed by atoms with E-state index in [0.717, 1.165) is 25.7 Å². The molecule has 0 aromatic carbocycles. The number of fused-ring (bicyclic) bond motifs is 2. The van der Waals surface area contributed by atoms with E-state index in [1.54, 1.807) is 13.3 Å². The second-order valence-corrected chi connectivity index (χ2v) is 5.90. The zero-order valence-electron chi connectivity index (χ0n) is 12.9. The number of rotatable bonds is 5. The number of hydrogen-bond acceptors (Lipinski definition) is 4. The Bertz CT molecular complexity index is 483. The molecule has 3 rings (SSSR count). The van der Waals surface area contributed by atoms with Gasteiger partial charge in [0.2, 0.25) is 5.88 Å². The quantitative estimate of drug-likeness (QED) is 0.843. The first-order valence-electron chi connectivity index (χ1n) is 7.90. The fourth-order valence-corrected chi connectivity index (χ4v) is 3.49. The van der Waals surface area contributed by atoms with Gasteiger partial charge in [0.15, 0.2) is 0 Å². The van der Waals surface area contributed by atoms with E-state index in [0.29, 0.717) is 19.0 Å². The van der Waals surface area contributed by atoms with E-state index in [4.69, 9.17) is 9.47 Å². The number of ether oxygens (including phenoxy) is 2. The number of urea groups is 1. The molecule has 2 fully saturated rings. The van der Waals surface area contributed by atoms with Crippen LogP contribution < -0.4 is 10.1 Å². The van der Waals surface area contributed by atoms with Crippen LogP contribution in [0.5, 0.6) is 5.88 Å². The van der Waals surface area contributed by atoms with Gasteiger partial charge >= 0.3 is 6.03 Å². The predicted molar refractivity (Wildman–Crippen MR) is 81.8 cm³/mol. The molecular formula is C16H23N3O3. The molecule has 1 N–H and O–H groups in total. The van der Waals surface area contributed by atoms with Crippen LogP contribution in [0.3, 0.4) is 0 Å². The van der Waals surface area contributed by atoms with Gasteiger partial charge in [0.1, 0.15) is 6.10 Å². The Labute approximate surface area is 130 Å². The van der Waals surface area contributed by atoms with Crippen molar-refractivity contribution in [1.82, 2.24) is 15.2 Å². The van der Waals surface area contributed by atoms with Gasteiger partial charge in [-0.25, -0.2) is 9.78 Å². The lowest BCUT2D eigenvalue weighted by atomic mass is 10.00. The fourth-order valence-electron chi connectivity index (χ4n) is 3.49. The van der Waals surface area contributed by atoms with Crippen molar-refractivity contribution in [3.8, 4) is 5.88 Å². The maximum atomic E-state index is 12.3. The van der Waals surface area contributed by atoms with Gasteiger partial charge in [-0.2, -0.15) is 0 Å². The molecule has 0 saturated carbocycles. The molecule has 6 nitrogen and oxygen atoms in total. The van der Waals surface area contributed by atoms with Gasteiger partial charge in [-0.1, -0.05) is 6.07 Å². The third-order valence-electron chi connectivity index (χ3n) is 4.43. The summed E-state index contributed by atoms with van der Waals surface area (Å²) in [5.74, 6) is 0.671. The molecule has 2 saturated heterocycles. The lowest BCUT2D eigenvalue weighted by molar-refractivity contribution is 0.0654. The number of methoxy groups -OCH3 is 1. The molecule has 0 radical (unpaired) electrons. The maximum Gasteiger partial charge on any atom is 0.317 e. The van der Waals surface area contributed by atoms with Crippen LogP contribution >= 0.6 is 0 Å². The van der Waals surface area contributed by atoms with Gasteiger partial charge in [0.05, 0.1) is 6.61 Å². The number of pyridine rings is 1. The van der Waals surface area contributed by atoms with Crippen molar-refractivity contribution in [3.63, 3.8) is 0 Å². The van der Waals surface area contributed by atoms with Crippen molar-refractivity contribution < 1.29 is 14.3 Å². The number of nitrogens with one attached hydrogen (secondary N) is 1. The highest BCUT2D eigenvalue weighted by molar-refractivity contribution is 5.75. The number of carbonyl (C=O) groups is 1. The maximum absolute atomic E-state index is 12.3. The number of hydrogen-bond donors (Lipinski definition) is 1. The number of aromatic nitrogens is 1. The molecule has 120 valence electrons. The van der Waals surface area contributed by atoms with E-state index in [9.17, 15) is 4.79 Å². The minimum Gasteiger partial charge on any atom is -0.474 e. The zero-order chi connectivity index (χ0) is 15.4. The molecule has 3 heterocycles. The largest absolute Gasteiger partial charge is 0.474 e. The number of carbonyl (C=O) groups excluding carboxylic acids is 1. The van der Waals surface area contributed by atoms with Gasteiger partial charge < -0.3 is 19.7 Å². The average molecular weight is 305 g/mol. The fraction of sp³-hybridized carbons (Fsp3) is 0.625. The Kier molecular flexibility index (Phi) is 4.77. The summed E-state index contributed by atoms with van der Waals surface area (Å²) in [6.45, 7) is 1.10. The van der Waals surface area contributed by atoms with Crippen LogP contribution in [0.25, 0.3) is 0 Å². The summed E-state index contributed by atoms with van der Waals surface area (Å²) in [4.78, 5) is 18.5. The normalized spacial score (nSPS) is 26.8. The molecule has 1 aromatic heterocycles. The van der Waals surface area contributed by atoms with E-state index < -0.39 is 0 Å². The second kappa shape index (κ2) is 6.96. The van der Waals surface area contributed by atoms with Crippen molar-refractivity contribution in [1.29, 1.82) is 0 Å². The topological polar surface area (TPSA) is 63.7 Å². The van der Waals surface area contributed by atoms with Gasteiger partial charge in [-0.05, 0) is 18.9 Å². The first-order chi connectivity index (χ1) is 10.8. The zero-order valence-corrected chi connectivity index (χ0v) is 12.9. The summed E-state index contributed by atoms with van der Waals surface area (Å²) in [6, 6.07) is 6.26. The van der Waals surface area contributed by atoms with E-state index in [1.165, 1.54) is 0 Å². The van der Waals surface area contributed by atoms with Crippen molar-refractivity contribution >= 4 is 6.03 Å². The molecule has 22 heavy (non-hydrogen) atoms. The molecule has 0 spiro atoms. The summed E-state index contributed by atoms with van der Waals surface area (Å²) in [5, 5.41) is 2.93. The van der Waals surface area contributed by atoms with Crippen molar-refractivity contribution in [3.05, 3.63) is 24.4 Å². The molecule has 2 unspecified atom stereocenters. The van der Waals surface area contributed by atoms with E-state index >= 15 is 0 Å². The minimum absolute atomic E-state index is 0.0286. The monoisotopic (exact) mass is 305 g/mol. The van der Waals surface area contributed by atoms with Gasteiger partial charge in [-0.15, -0.1) is 0 Å². The molecule has 2 aliphatic rings. The molecule has 2 atom stereocenters. The van der Waals surface area contributed by atoms with Gasteiger partial charge in [-0.3, -0.25) is 0 Å². The SMILES string of the molecule is COCCNC(=O)N1C2CCC1CC(Oc1ccccn1)C2. The van der Waals surface area contributed by atoms with E-state index in [2.05, 4.69) is 10.3 Å². The molecule has 1 aromatic rings. The number of amides is 2. The van der Waals surface area contributed by atoms with Crippen LogP contribution in [0.15, 0.2) is 24.4 Å². The lowest BCUT2D eigenvalue weighted by Crippen LogP contribution is -2.53. The number of piperidine rings is 1. The first kappa shape index (κ1) is 15.1. The highest BCUT2D eigenvalue weighted by Gasteiger charge is 2.44. The number of nitrogens with zero attached hydrogens (tertiary/aromatic N) is 2. The average Bonchev–Trinajstić information content (AvgIpc) is 2.80. The minimum atomic E-state index is 0.0286. The highest BCUT2D eigenvalue weighted by atomic mass is 16.5. The Balaban J connectivity index is 1.56. The molecule has 2 aliphatic heterocycles. The van der Waals surface area contributed by atoms with Gasteiger partial charge in [0.25, 0.3) is 0 Å². The van der Waals surface area contributed by atoms with E-state index in [1.807, 2.05) is 23.1 Å². The summed E-state index contributed by atoms with van der Waals surface area (Å²) in [6.07, 6.45) is 5.77. The Morgan fingerprint density at radius 3 is 2.77 bits per heavy atom. The third kappa shape index (κ3) is 3.32. The van der Waals surface area contributed by atoms with Crippen LogP contribution in [0, 0.1) is 0 Å². The van der Waals surface area contributed by atoms with Crippen LogP contribution in [0.2, 0.25) is 0 Å². The Hall–Kier alpha value is -1.82.